The van der Waals surface area contributed by atoms with Crippen molar-refractivity contribution in [3.05, 3.63) is 28.8 Å². The van der Waals surface area contributed by atoms with Gasteiger partial charge in [0.2, 0.25) is 5.91 Å². The van der Waals surface area contributed by atoms with Crippen LogP contribution in [0.4, 0.5) is 5.69 Å². The zero-order chi connectivity index (χ0) is 15.4. The molecule has 0 bridgehead atoms. The van der Waals surface area contributed by atoms with Crippen LogP contribution < -0.4 is 10.6 Å². The number of carbonyl (C=O) groups excluding carboxylic acids is 2. The third-order valence-electron chi connectivity index (χ3n) is 3.39. The fraction of sp³-hybridized carbons (Fsp3) is 0.429. The number of halogens is 1. The molecule has 1 amide bonds. The van der Waals surface area contributed by atoms with E-state index in [4.69, 9.17) is 16.3 Å². The number of anilines is 1. The summed E-state index contributed by atoms with van der Waals surface area (Å²) in [5.74, 6) is -0.774. The minimum Gasteiger partial charge on any atom is -0.465 e. The quantitative estimate of drug-likeness (QED) is 0.823. The second-order valence-corrected chi connectivity index (χ2v) is 5.16. The van der Waals surface area contributed by atoms with Crippen molar-refractivity contribution in [2.24, 2.45) is 0 Å². The molecule has 1 aliphatic rings. The second-order valence-electron chi connectivity index (χ2n) is 4.72. The average molecular weight is 313 g/mol. The molecule has 1 aliphatic heterocycles. The van der Waals surface area contributed by atoms with Crippen LogP contribution in [0, 0.1) is 0 Å². The van der Waals surface area contributed by atoms with Crippen LogP contribution in [0.2, 0.25) is 5.02 Å². The Morgan fingerprint density at radius 3 is 2.76 bits per heavy atom. The Labute approximate surface area is 127 Å². The Balaban J connectivity index is 2.12. The van der Waals surface area contributed by atoms with Gasteiger partial charge >= 0.3 is 5.97 Å². The van der Waals surface area contributed by atoms with E-state index in [9.17, 15) is 9.59 Å². The number of amides is 1. The fourth-order valence-corrected chi connectivity index (χ4v) is 2.38. The summed E-state index contributed by atoms with van der Waals surface area (Å²) in [5, 5.41) is 6.19. The number of esters is 1. The molecule has 0 spiro atoms. The minimum absolute atomic E-state index is 0.0195. The average Bonchev–Trinajstić information content (AvgIpc) is 2.97. The molecule has 7 heteroatoms. The molecule has 2 rings (SSSR count). The molecule has 6 nitrogen and oxygen atoms in total. The first-order valence-corrected chi connectivity index (χ1v) is 6.88. The van der Waals surface area contributed by atoms with Gasteiger partial charge in [-0.15, -0.1) is 0 Å². The Morgan fingerprint density at radius 1 is 1.38 bits per heavy atom. The number of ether oxygens (including phenoxy) is 2. The molecule has 0 aliphatic carbocycles. The minimum atomic E-state index is -0.554. The van der Waals surface area contributed by atoms with Crippen molar-refractivity contribution in [2.45, 2.75) is 18.6 Å². The molecule has 1 heterocycles. The lowest BCUT2D eigenvalue weighted by Crippen LogP contribution is -2.35. The van der Waals surface area contributed by atoms with Gasteiger partial charge in [0.15, 0.2) is 0 Å². The summed E-state index contributed by atoms with van der Waals surface area (Å²) in [6, 6.07) is 4.29. The van der Waals surface area contributed by atoms with Gasteiger partial charge in [0.25, 0.3) is 0 Å². The van der Waals surface area contributed by atoms with E-state index in [0.29, 0.717) is 23.7 Å². The van der Waals surface area contributed by atoms with E-state index in [2.05, 4.69) is 15.4 Å². The molecule has 21 heavy (non-hydrogen) atoms. The Bertz CT molecular complexity index is 550. The summed E-state index contributed by atoms with van der Waals surface area (Å²) in [5.41, 5.74) is 0.596. The Kier molecular flexibility index (Phi) is 5.17. The lowest BCUT2D eigenvalue weighted by atomic mass is 10.1. The normalized spacial score (nSPS) is 21.1. The third kappa shape index (κ3) is 3.72. The van der Waals surface area contributed by atoms with Crippen LogP contribution in [-0.4, -0.2) is 44.8 Å². The van der Waals surface area contributed by atoms with Crippen molar-refractivity contribution in [3.63, 3.8) is 0 Å². The Hall–Kier alpha value is -1.63. The van der Waals surface area contributed by atoms with Gasteiger partial charge in [0, 0.05) is 18.7 Å². The maximum absolute atomic E-state index is 12.2. The van der Waals surface area contributed by atoms with Crippen LogP contribution in [0.15, 0.2) is 18.2 Å². The number of benzene rings is 1. The van der Waals surface area contributed by atoms with E-state index in [1.54, 1.807) is 19.2 Å². The number of hydrogen-bond acceptors (Lipinski definition) is 5. The number of nitrogens with one attached hydrogen (secondary N) is 2. The number of methoxy groups -OCH3 is 2. The van der Waals surface area contributed by atoms with Crippen molar-refractivity contribution < 1.29 is 19.1 Å². The van der Waals surface area contributed by atoms with E-state index in [-0.39, 0.29) is 23.6 Å². The second kappa shape index (κ2) is 6.89. The predicted molar refractivity (Wildman–Crippen MR) is 78.6 cm³/mol. The molecule has 1 saturated heterocycles. The van der Waals surface area contributed by atoms with E-state index >= 15 is 0 Å². The molecule has 0 saturated carbocycles. The predicted octanol–water partition coefficient (Wildman–Crippen LogP) is 1.44. The highest BCUT2D eigenvalue weighted by Crippen LogP contribution is 2.22. The zero-order valence-electron chi connectivity index (χ0n) is 11.8. The maximum atomic E-state index is 12.2. The largest absolute Gasteiger partial charge is 0.465 e. The highest BCUT2D eigenvalue weighted by Gasteiger charge is 2.30. The number of rotatable bonds is 4. The van der Waals surface area contributed by atoms with Crippen LogP contribution in [0.3, 0.4) is 0 Å². The molecule has 0 aromatic heterocycles. The van der Waals surface area contributed by atoms with Crippen LogP contribution >= 0.6 is 11.6 Å². The van der Waals surface area contributed by atoms with Gasteiger partial charge in [-0.25, -0.2) is 4.79 Å². The van der Waals surface area contributed by atoms with Gasteiger partial charge in [-0.1, -0.05) is 11.6 Å². The number of hydrogen-bond donors (Lipinski definition) is 2. The van der Waals surface area contributed by atoms with Crippen molar-refractivity contribution >= 4 is 29.2 Å². The molecule has 2 N–H and O–H groups in total. The van der Waals surface area contributed by atoms with Crippen LogP contribution in [0.25, 0.3) is 0 Å². The van der Waals surface area contributed by atoms with Gasteiger partial charge in [0.05, 0.1) is 30.5 Å². The van der Waals surface area contributed by atoms with E-state index in [0.717, 1.165) is 0 Å². The first-order chi connectivity index (χ1) is 10.0. The van der Waals surface area contributed by atoms with Crippen LogP contribution in [-0.2, 0) is 14.3 Å². The molecule has 1 aromatic carbocycles. The molecular weight excluding hydrogens is 296 g/mol. The molecular formula is C14H17ClN2O4. The molecule has 0 radical (unpaired) electrons. The maximum Gasteiger partial charge on any atom is 0.340 e. The van der Waals surface area contributed by atoms with Crippen LogP contribution in [0.1, 0.15) is 16.8 Å². The molecule has 2 unspecified atom stereocenters. The van der Waals surface area contributed by atoms with E-state index in [1.165, 1.54) is 13.2 Å². The SMILES string of the molecule is COC(=O)c1cc(Cl)ccc1NC(=O)C1CC(OC)CN1. The summed E-state index contributed by atoms with van der Waals surface area (Å²) in [7, 11) is 2.89. The van der Waals surface area contributed by atoms with Crippen molar-refractivity contribution in [1.29, 1.82) is 0 Å². The Morgan fingerprint density at radius 2 is 2.14 bits per heavy atom. The lowest BCUT2D eigenvalue weighted by Gasteiger charge is -2.14. The first kappa shape index (κ1) is 15.8. The first-order valence-electron chi connectivity index (χ1n) is 6.50. The molecule has 2 atom stereocenters. The zero-order valence-corrected chi connectivity index (χ0v) is 12.6. The summed E-state index contributed by atoms with van der Waals surface area (Å²) < 4.78 is 9.89. The smallest absolute Gasteiger partial charge is 0.340 e. The highest BCUT2D eigenvalue weighted by molar-refractivity contribution is 6.31. The van der Waals surface area contributed by atoms with E-state index < -0.39 is 5.97 Å². The number of carbonyl (C=O) groups is 2. The monoisotopic (exact) mass is 312 g/mol. The van der Waals surface area contributed by atoms with Gasteiger partial charge in [-0.3, -0.25) is 4.79 Å². The summed E-state index contributed by atoms with van der Waals surface area (Å²) in [6.07, 6.45) is 0.606. The fourth-order valence-electron chi connectivity index (χ4n) is 2.21. The van der Waals surface area contributed by atoms with Crippen molar-refractivity contribution in [2.75, 3.05) is 26.1 Å². The molecule has 114 valence electrons. The topological polar surface area (TPSA) is 76.7 Å². The van der Waals surface area contributed by atoms with Crippen molar-refractivity contribution in [1.82, 2.24) is 5.32 Å². The van der Waals surface area contributed by atoms with E-state index in [1.807, 2.05) is 0 Å². The summed E-state index contributed by atoms with van der Waals surface area (Å²) >= 11 is 5.87. The lowest BCUT2D eigenvalue weighted by molar-refractivity contribution is -0.118. The molecule has 1 fully saturated rings. The standard InChI is InChI=1S/C14H17ClN2O4/c1-20-9-6-12(16-7-9)13(18)17-11-4-3-8(15)5-10(11)14(19)21-2/h3-5,9,12,16H,6-7H2,1-2H3,(H,17,18). The third-order valence-corrected chi connectivity index (χ3v) is 3.62. The highest BCUT2D eigenvalue weighted by atomic mass is 35.5. The summed E-state index contributed by atoms with van der Waals surface area (Å²) in [4.78, 5) is 23.9. The van der Waals surface area contributed by atoms with Gasteiger partial charge in [0.1, 0.15) is 0 Å². The van der Waals surface area contributed by atoms with Gasteiger partial charge in [-0.05, 0) is 24.6 Å². The van der Waals surface area contributed by atoms with Crippen LogP contribution in [0.5, 0.6) is 0 Å². The van der Waals surface area contributed by atoms with Gasteiger partial charge in [-0.2, -0.15) is 0 Å². The molecule has 1 aromatic rings. The summed E-state index contributed by atoms with van der Waals surface area (Å²) in [6.45, 7) is 0.624. The van der Waals surface area contributed by atoms with Gasteiger partial charge < -0.3 is 20.1 Å². The van der Waals surface area contributed by atoms with Crippen molar-refractivity contribution in [3.8, 4) is 0 Å².